The topological polar surface area (TPSA) is 86.8 Å². The van der Waals surface area contributed by atoms with E-state index in [4.69, 9.17) is 4.98 Å². The highest BCUT2D eigenvalue weighted by molar-refractivity contribution is 5.93. The maximum Gasteiger partial charge on any atom is 0.257 e. The van der Waals surface area contributed by atoms with Gasteiger partial charge in [0.15, 0.2) is 0 Å². The number of para-hydroxylation sites is 2. The van der Waals surface area contributed by atoms with Crippen LogP contribution in [0, 0.1) is 0 Å². The van der Waals surface area contributed by atoms with Gasteiger partial charge in [-0.1, -0.05) is 12.1 Å². The lowest BCUT2D eigenvalue weighted by molar-refractivity contribution is 0.0704. The molecule has 7 heteroatoms. The molecule has 1 amide bonds. The molecule has 1 fully saturated rings. The van der Waals surface area contributed by atoms with Crippen molar-refractivity contribution in [1.82, 2.24) is 24.8 Å². The molecule has 1 aliphatic rings. The molecule has 1 aromatic carbocycles. The molecule has 1 saturated heterocycles. The number of aromatic nitrogens is 4. The number of hydrogen-bond acceptors (Lipinski definition) is 5. The molecule has 0 aliphatic carbocycles. The van der Waals surface area contributed by atoms with Gasteiger partial charge in [0.2, 0.25) is 5.95 Å². The molecule has 0 spiro atoms. The Labute approximate surface area is 151 Å². The molecule has 0 bridgehead atoms. The van der Waals surface area contributed by atoms with Crippen molar-refractivity contribution in [3.8, 4) is 0 Å². The van der Waals surface area contributed by atoms with Gasteiger partial charge >= 0.3 is 0 Å². The zero-order chi connectivity index (χ0) is 17.9. The number of hydrogen-bond donors (Lipinski definition) is 2. The maximum atomic E-state index is 12.8. The molecule has 1 aliphatic heterocycles. The summed E-state index contributed by atoms with van der Waals surface area (Å²) >= 11 is 0. The van der Waals surface area contributed by atoms with Crippen molar-refractivity contribution in [1.29, 1.82) is 0 Å². The van der Waals surface area contributed by atoms with Gasteiger partial charge in [0, 0.05) is 37.9 Å². The SMILES string of the molecule is CCNc1ncc(C(=O)N2CCCC(c3nc4ccccc4[nH]3)C2)cn1. The van der Waals surface area contributed by atoms with Crippen LogP contribution in [0.1, 0.15) is 41.9 Å². The second kappa shape index (κ2) is 7.11. The highest BCUT2D eigenvalue weighted by atomic mass is 16.2. The third-order valence-electron chi connectivity index (χ3n) is 4.74. The number of H-pyrrole nitrogens is 1. The second-order valence-corrected chi connectivity index (χ2v) is 6.56. The smallest absolute Gasteiger partial charge is 0.257 e. The van der Waals surface area contributed by atoms with E-state index in [0.29, 0.717) is 18.1 Å². The average molecular weight is 350 g/mol. The number of nitrogens with zero attached hydrogens (tertiary/aromatic N) is 4. The number of anilines is 1. The Hall–Kier alpha value is -2.96. The fourth-order valence-electron chi connectivity index (χ4n) is 3.42. The molecule has 1 unspecified atom stereocenters. The van der Waals surface area contributed by atoms with E-state index in [9.17, 15) is 4.79 Å². The number of fused-ring (bicyclic) bond motifs is 1. The summed E-state index contributed by atoms with van der Waals surface area (Å²) in [6.45, 7) is 4.14. The minimum atomic E-state index is -0.0196. The molecule has 134 valence electrons. The summed E-state index contributed by atoms with van der Waals surface area (Å²) in [5.41, 5.74) is 2.54. The van der Waals surface area contributed by atoms with Crippen LogP contribution in [-0.4, -0.2) is 50.4 Å². The van der Waals surface area contributed by atoms with Gasteiger partial charge < -0.3 is 15.2 Å². The molecule has 1 atom stereocenters. The summed E-state index contributed by atoms with van der Waals surface area (Å²) in [5, 5.41) is 3.03. The molecule has 2 N–H and O–H groups in total. The fraction of sp³-hybridized carbons (Fsp3) is 0.368. The zero-order valence-electron chi connectivity index (χ0n) is 14.8. The van der Waals surface area contributed by atoms with Crippen LogP contribution >= 0.6 is 0 Å². The standard InChI is InChI=1S/C19H22N6O/c1-2-20-19-21-10-14(11-22-19)18(26)25-9-5-6-13(12-25)17-23-15-7-3-4-8-16(15)24-17/h3-4,7-8,10-11,13H,2,5-6,9,12H2,1H3,(H,23,24)(H,20,21,22). The van der Waals surface area contributed by atoms with Crippen molar-refractivity contribution in [2.45, 2.75) is 25.7 Å². The molecule has 0 saturated carbocycles. The highest BCUT2D eigenvalue weighted by Gasteiger charge is 2.27. The Morgan fingerprint density at radius 3 is 2.88 bits per heavy atom. The molecular weight excluding hydrogens is 328 g/mol. The zero-order valence-corrected chi connectivity index (χ0v) is 14.8. The van der Waals surface area contributed by atoms with Crippen LogP contribution in [0.4, 0.5) is 5.95 Å². The third kappa shape index (κ3) is 3.24. The number of rotatable bonds is 4. The molecule has 7 nitrogen and oxygen atoms in total. The van der Waals surface area contributed by atoms with Gasteiger partial charge in [-0.2, -0.15) is 0 Å². The first-order chi connectivity index (χ1) is 12.7. The Bertz CT molecular complexity index is 871. The van der Waals surface area contributed by atoms with E-state index in [1.807, 2.05) is 36.1 Å². The molecule has 0 radical (unpaired) electrons. The normalized spacial score (nSPS) is 17.4. The largest absolute Gasteiger partial charge is 0.355 e. The third-order valence-corrected chi connectivity index (χ3v) is 4.74. The summed E-state index contributed by atoms with van der Waals surface area (Å²) in [5.74, 6) is 1.71. The Balaban J connectivity index is 1.49. The Morgan fingerprint density at radius 1 is 1.31 bits per heavy atom. The van der Waals surface area contributed by atoms with Gasteiger partial charge in [-0.15, -0.1) is 0 Å². The number of benzene rings is 1. The van der Waals surface area contributed by atoms with Crippen LogP contribution in [-0.2, 0) is 0 Å². The van der Waals surface area contributed by atoms with Crippen LogP contribution < -0.4 is 5.32 Å². The van der Waals surface area contributed by atoms with E-state index in [-0.39, 0.29) is 11.8 Å². The summed E-state index contributed by atoms with van der Waals surface area (Å²) in [4.78, 5) is 31.2. The monoisotopic (exact) mass is 350 g/mol. The van der Waals surface area contributed by atoms with Crippen molar-refractivity contribution in [3.05, 3.63) is 48.0 Å². The van der Waals surface area contributed by atoms with E-state index in [1.165, 1.54) is 0 Å². The Kier molecular flexibility index (Phi) is 4.51. The lowest BCUT2D eigenvalue weighted by Gasteiger charge is -2.31. The van der Waals surface area contributed by atoms with E-state index < -0.39 is 0 Å². The van der Waals surface area contributed by atoms with Gasteiger partial charge in [-0.25, -0.2) is 15.0 Å². The van der Waals surface area contributed by atoms with Crippen LogP contribution in [0.15, 0.2) is 36.7 Å². The van der Waals surface area contributed by atoms with Crippen LogP contribution in [0.5, 0.6) is 0 Å². The van der Waals surface area contributed by atoms with Gasteiger partial charge in [0.05, 0.1) is 16.6 Å². The van der Waals surface area contributed by atoms with E-state index in [1.54, 1.807) is 12.4 Å². The van der Waals surface area contributed by atoms with Crippen molar-refractivity contribution < 1.29 is 4.79 Å². The molecule has 2 aromatic heterocycles. The number of carbonyl (C=O) groups is 1. The second-order valence-electron chi connectivity index (χ2n) is 6.56. The minimum absolute atomic E-state index is 0.0196. The number of likely N-dealkylation sites (tertiary alicyclic amines) is 1. The summed E-state index contributed by atoms with van der Waals surface area (Å²) in [6.07, 6.45) is 5.18. The van der Waals surface area contributed by atoms with E-state index in [2.05, 4.69) is 20.3 Å². The van der Waals surface area contributed by atoms with Gasteiger partial charge in [-0.05, 0) is 31.9 Å². The Morgan fingerprint density at radius 2 is 2.12 bits per heavy atom. The number of amides is 1. The molecule has 3 aromatic rings. The number of carbonyl (C=O) groups excluding carboxylic acids is 1. The van der Waals surface area contributed by atoms with E-state index in [0.717, 1.165) is 42.8 Å². The van der Waals surface area contributed by atoms with Crippen LogP contribution in [0.3, 0.4) is 0 Å². The van der Waals surface area contributed by atoms with Crippen molar-refractivity contribution in [3.63, 3.8) is 0 Å². The average Bonchev–Trinajstić information content (AvgIpc) is 3.13. The van der Waals surface area contributed by atoms with Crippen molar-refractivity contribution >= 4 is 22.9 Å². The first-order valence-corrected chi connectivity index (χ1v) is 9.04. The van der Waals surface area contributed by atoms with Crippen molar-refractivity contribution in [2.75, 3.05) is 25.0 Å². The van der Waals surface area contributed by atoms with Gasteiger partial charge in [-0.3, -0.25) is 4.79 Å². The van der Waals surface area contributed by atoms with Gasteiger partial charge in [0.25, 0.3) is 5.91 Å². The van der Waals surface area contributed by atoms with Crippen molar-refractivity contribution in [2.24, 2.45) is 0 Å². The number of piperidine rings is 1. The summed E-state index contributed by atoms with van der Waals surface area (Å²) in [6, 6.07) is 8.02. The highest BCUT2D eigenvalue weighted by Crippen LogP contribution is 2.27. The number of nitrogens with one attached hydrogen (secondary N) is 2. The maximum absolute atomic E-state index is 12.8. The lowest BCUT2D eigenvalue weighted by Crippen LogP contribution is -2.39. The molecule has 4 rings (SSSR count). The van der Waals surface area contributed by atoms with Gasteiger partial charge in [0.1, 0.15) is 5.82 Å². The molecule has 26 heavy (non-hydrogen) atoms. The quantitative estimate of drug-likeness (QED) is 0.755. The van der Waals surface area contributed by atoms with E-state index >= 15 is 0 Å². The molecular formula is C19H22N6O. The number of aromatic amines is 1. The van der Waals surface area contributed by atoms with Crippen LogP contribution in [0.25, 0.3) is 11.0 Å². The van der Waals surface area contributed by atoms with Crippen LogP contribution in [0.2, 0.25) is 0 Å². The fourth-order valence-corrected chi connectivity index (χ4v) is 3.42. The predicted molar refractivity (Wildman–Crippen MR) is 100 cm³/mol. The predicted octanol–water partition coefficient (Wildman–Crippen LogP) is 2.80. The first-order valence-electron chi connectivity index (χ1n) is 9.04. The molecule has 3 heterocycles. The first kappa shape index (κ1) is 16.5. The summed E-state index contributed by atoms with van der Waals surface area (Å²) in [7, 11) is 0. The lowest BCUT2D eigenvalue weighted by atomic mass is 9.97. The summed E-state index contributed by atoms with van der Waals surface area (Å²) < 4.78 is 0. The minimum Gasteiger partial charge on any atom is -0.355 e. The number of imidazole rings is 1.